The normalized spacial score (nSPS) is 12.8. The van der Waals surface area contributed by atoms with Crippen LogP contribution in [0.1, 0.15) is 18.6 Å². The number of rotatable bonds is 2. The highest BCUT2D eigenvalue weighted by Crippen LogP contribution is 2.33. The molecule has 0 amide bonds. The maximum atomic E-state index is 14.0. The number of aliphatic hydroxyl groups is 1. The molecule has 2 nitrogen and oxygen atoms in total. The summed E-state index contributed by atoms with van der Waals surface area (Å²) in [6, 6.07) is 14.3. The molecule has 3 heteroatoms. The molecule has 0 spiro atoms. The van der Waals surface area contributed by atoms with E-state index in [1.165, 1.54) is 6.07 Å². The third-order valence-corrected chi connectivity index (χ3v) is 3.29. The highest BCUT2D eigenvalue weighted by molar-refractivity contribution is 5.72. The molecule has 1 unspecified atom stereocenters. The zero-order valence-electron chi connectivity index (χ0n) is 10.5. The van der Waals surface area contributed by atoms with Crippen molar-refractivity contribution in [1.82, 2.24) is 4.40 Å². The van der Waals surface area contributed by atoms with Gasteiger partial charge < -0.3 is 9.51 Å². The zero-order chi connectivity index (χ0) is 13.4. The minimum Gasteiger partial charge on any atom is -0.389 e. The van der Waals surface area contributed by atoms with Crippen LogP contribution in [0, 0.1) is 5.82 Å². The average molecular weight is 255 g/mol. The molecule has 1 aromatic carbocycles. The van der Waals surface area contributed by atoms with Gasteiger partial charge in [-0.05, 0) is 37.3 Å². The van der Waals surface area contributed by atoms with Crippen LogP contribution in [0.25, 0.3) is 16.8 Å². The van der Waals surface area contributed by atoms with E-state index < -0.39 is 6.10 Å². The average Bonchev–Trinajstić information content (AvgIpc) is 2.79. The number of hydrogen-bond acceptors (Lipinski definition) is 1. The Labute approximate surface area is 110 Å². The lowest BCUT2D eigenvalue weighted by Crippen LogP contribution is -1.96. The molecule has 0 aliphatic carbocycles. The summed E-state index contributed by atoms with van der Waals surface area (Å²) in [5.41, 5.74) is 2.89. The molecule has 3 rings (SSSR count). The molecule has 2 heterocycles. The molecule has 0 fully saturated rings. The molecule has 19 heavy (non-hydrogen) atoms. The van der Waals surface area contributed by atoms with E-state index in [0.29, 0.717) is 11.3 Å². The molecule has 0 bridgehead atoms. The molecule has 0 aliphatic rings. The summed E-state index contributed by atoms with van der Waals surface area (Å²) in [6.45, 7) is 1.69. The smallest absolute Gasteiger partial charge is 0.132 e. The van der Waals surface area contributed by atoms with Crippen molar-refractivity contribution in [2.24, 2.45) is 0 Å². The second-order valence-corrected chi connectivity index (χ2v) is 4.60. The van der Waals surface area contributed by atoms with Crippen LogP contribution in [0.4, 0.5) is 4.39 Å². The molecular formula is C16H14FNO. The summed E-state index contributed by atoms with van der Waals surface area (Å²) >= 11 is 0. The van der Waals surface area contributed by atoms with Crippen LogP contribution in [0.15, 0.2) is 54.7 Å². The summed E-state index contributed by atoms with van der Waals surface area (Å²) in [5.74, 6) is -0.284. The summed E-state index contributed by atoms with van der Waals surface area (Å²) in [5, 5.41) is 9.92. The van der Waals surface area contributed by atoms with Gasteiger partial charge in [0.1, 0.15) is 5.82 Å². The fourth-order valence-corrected chi connectivity index (χ4v) is 2.40. The van der Waals surface area contributed by atoms with E-state index in [1.54, 1.807) is 25.1 Å². The molecule has 0 aliphatic heterocycles. The van der Waals surface area contributed by atoms with E-state index in [2.05, 4.69) is 0 Å². The molecule has 96 valence electrons. The molecule has 1 atom stereocenters. The van der Waals surface area contributed by atoms with Crippen LogP contribution in [-0.2, 0) is 0 Å². The van der Waals surface area contributed by atoms with Crippen LogP contribution < -0.4 is 0 Å². The summed E-state index contributed by atoms with van der Waals surface area (Å²) in [4.78, 5) is 0. The quantitative estimate of drug-likeness (QED) is 0.740. The third kappa shape index (κ3) is 1.92. The first-order valence-electron chi connectivity index (χ1n) is 6.21. The SMILES string of the molecule is CC(O)c1cc2ccccn2c1-c1ccccc1F. The predicted molar refractivity (Wildman–Crippen MR) is 73.4 cm³/mol. The Bertz CT molecular complexity index is 730. The largest absolute Gasteiger partial charge is 0.389 e. The standard InChI is InChI=1S/C16H14FNO/c1-11(19)14-10-12-6-4-5-9-18(12)16(14)13-7-2-3-8-15(13)17/h2-11,19H,1H3. The molecule has 2 aromatic heterocycles. The number of halogens is 1. The van der Waals surface area contributed by atoms with Gasteiger partial charge in [-0.3, -0.25) is 0 Å². The van der Waals surface area contributed by atoms with Gasteiger partial charge in [0.15, 0.2) is 0 Å². The van der Waals surface area contributed by atoms with Crippen molar-refractivity contribution in [2.75, 3.05) is 0 Å². The fourth-order valence-electron chi connectivity index (χ4n) is 2.40. The van der Waals surface area contributed by atoms with Crippen molar-refractivity contribution in [3.8, 4) is 11.3 Å². The lowest BCUT2D eigenvalue weighted by atomic mass is 10.0. The predicted octanol–water partition coefficient (Wildman–Crippen LogP) is 3.80. The topological polar surface area (TPSA) is 24.6 Å². The Morgan fingerprint density at radius 3 is 2.58 bits per heavy atom. The van der Waals surface area contributed by atoms with Crippen molar-refractivity contribution in [1.29, 1.82) is 0 Å². The first-order valence-corrected chi connectivity index (χ1v) is 6.21. The Balaban J connectivity index is 2.38. The molecule has 3 aromatic rings. The molecule has 0 saturated heterocycles. The Morgan fingerprint density at radius 2 is 1.84 bits per heavy atom. The van der Waals surface area contributed by atoms with E-state index >= 15 is 0 Å². The van der Waals surface area contributed by atoms with Crippen molar-refractivity contribution in [3.05, 3.63) is 66.1 Å². The van der Waals surface area contributed by atoms with Gasteiger partial charge in [-0.15, -0.1) is 0 Å². The first kappa shape index (κ1) is 11.9. The number of aromatic nitrogens is 1. The minimum absolute atomic E-state index is 0.284. The van der Waals surface area contributed by atoms with Gasteiger partial charge in [0, 0.05) is 22.8 Å². The van der Waals surface area contributed by atoms with Gasteiger partial charge in [-0.25, -0.2) is 4.39 Å². The van der Waals surface area contributed by atoms with E-state index in [4.69, 9.17) is 0 Å². The van der Waals surface area contributed by atoms with Crippen LogP contribution in [0.2, 0.25) is 0 Å². The minimum atomic E-state index is -0.644. The lowest BCUT2D eigenvalue weighted by Gasteiger charge is -2.09. The van der Waals surface area contributed by atoms with Gasteiger partial charge in [-0.2, -0.15) is 0 Å². The van der Waals surface area contributed by atoms with Crippen molar-refractivity contribution in [2.45, 2.75) is 13.0 Å². The van der Waals surface area contributed by atoms with Crippen molar-refractivity contribution in [3.63, 3.8) is 0 Å². The third-order valence-electron chi connectivity index (χ3n) is 3.29. The molecular weight excluding hydrogens is 241 g/mol. The number of hydrogen-bond donors (Lipinski definition) is 1. The zero-order valence-corrected chi connectivity index (χ0v) is 10.5. The first-order chi connectivity index (χ1) is 9.18. The number of pyridine rings is 1. The van der Waals surface area contributed by atoms with Crippen LogP contribution in [0.3, 0.4) is 0 Å². The Kier molecular flexibility index (Phi) is 2.84. The number of benzene rings is 1. The summed E-state index contributed by atoms with van der Waals surface area (Å²) in [7, 11) is 0. The van der Waals surface area contributed by atoms with E-state index in [-0.39, 0.29) is 5.82 Å². The monoisotopic (exact) mass is 255 g/mol. The second-order valence-electron chi connectivity index (χ2n) is 4.60. The van der Waals surface area contributed by atoms with Crippen LogP contribution in [0.5, 0.6) is 0 Å². The van der Waals surface area contributed by atoms with E-state index in [0.717, 1.165) is 11.1 Å². The molecule has 0 radical (unpaired) electrons. The van der Waals surface area contributed by atoms with Crippen molar-refractivity contribution >= 4 is 5.52 Å². The maximum Gasteiger partial charge on any atom is 0.132 e. The second kappa shape index (κ2) is 4.52. The number of nitrogens with zero attached hydrogens (tertiary/aromatic N) is 1. The lowest BCUT2D eigenvalue weighted by molar-refractivity contribution is 0.200. The van der Waals surface area contributed by atoms with Gasteiger partial charge in [0.25, 0.3) is 0 Å². The summed E-state index contributed by atoms with van der Waals surface area (Å²) < 4.78 is 15.9. The van der Waals surface area contributed by atoms with Gasteiger partial charge in [0.2, 0.25) is 0 Å². The van der Waals surface area contributed by atoms with E-state index in [9.17, 15) is 9.50 Å². The van der Waals surface area contributed by atoms with Gasteiger partial charge in [0.05, 0.1) is 11.8 Å². The van der Waals surface area contributed by atoms with Gasteiger partial charge in [-0.1, -0.05) is 18.2 Å². The van der Waals surface area contributed by atoms with Gasteiger partial charge >= 0.3 is 0 Å². The van der Waals surface area contributed by atoms with Crippen LogP contribution in [-0.4, -0.2) is 9.51 Å². The number of fused-ring (bicyclic) bond motifs is 1. The van der Waals surface area contributed by atoms with Crippen molar-refractivity contribution < 1.29 is 9.50 Å². The highest BCUT2D eigenvalue weighted by atomic mass is 19.1. The van der Waals surface area contributed by atoms with Crippen LogP contribution >= 0.6 is 0 Å². The Morgan fingerprint density at radius 1 is 1.11 bits per heavy atom. The highest BCUT2D eigenvalue weighted by Gasteiger charge is 2.17. The molecule has 1 N–H and O–H groups in total. The Hall–Kier alpha value is -2.13. The molecule has 0 saturated carbocycles. The van der Waals surface area contributed by atoms with E-state index in [1.807, 2.05) is 34.9 Å². The maximum absolute atomic E-state index is 14.0. The fraction of sp³-hybridized carbons (Fsp3) is 0.125. The number of aliphatic hydroxyl groups excluding tert-OH is 1. The summed E-state index contributed by atoms with van der Waals surface area (Å²) in [6.07, 6.45) is 1.23.